The summed E-state index contributed by atoms with van der Waals surface area (Å²) in [6.07, 6.45) is 2.54. The lowest BCUT2D eigenvalue weighted by atomic mass is 10.1. The zero-order chi connectivity index (χ0) is 21.5. The fourth-order valence-electron chi connectivity index (χ4n) is 3.28. The van der Waals surface area contributed by atoms with Crippen molar-refractivity contribution in [2.45, 2.75) is 65.8 Å². The third kappa shape index (κ3) is 7.64. The lowest BCUT2D eigenvalue weighted by molar-refractivity contribution is 0.113. The van der Waals surface area contributed by atoms with E-state index in [4.69, 9.17) is 14.5 Å². The number of hydrogen-bond acceptors (Lipinski definition) is 5. The second-order valence-electron chi connectivity index (χ2n) is 8.03. The third-order valence-corrected chi connectivity index (χ3v) is 5.11. The summed E-state index contributed by atoms with van der Waals surface area (Å²) in [5.74, 6) is 3.35. The number of aromatic nitrogens is 3. The van der Waals surface area contributed by atoms with Crippen LogP contribution in [-0.4, -0.2) is 46.1 Å². The molecule has 172 valence electrons. The number of nitrogens with one attached hydrogen (secondary N) is 2. The van der Waals surface area contributed by atoms with Crippen molar-refractivity contribution >= 4 is 29.9 Å². The van der Waals surface area contributed by atoms with Crippen molar-refractivity contribution in [1.29, 1.82) is 0 Å². The second kappa shape index (κ2) is 12.2. The van der Waals surface area contributed by atoms with Crippen LogP contribution in [0.15, 0.2) is 23.2 Å². The van der Waals surface area contributed by atoms with Gasteiger partial charge < -0.3 is 24.7 Å². The molecule has 8 nitrogen and oxygen atoms in total. The van der Waals surface area contributed by atoms with Gasteiger partial charge in [0, 0.05) is 25.8 Å². The molecule has 0 spiro atoms. The van der Waals surface area contributed by atoms with E-state index in [1.807, 2.05) is 32.4 Å². The Morgan fingerprint density at radius 2 is 2.10 bits per heavy atom. The number of hydrogen-bond donors (Lipinski definition) is 2. The number of rotatable bonds is 8. The summed E-state index contributed by atoms with van der Waals surface area (Å²) in [6, 6.07) is 6.24. The largest absolute Gasteiger partial charge is 0.491 e. The highest BCUT2D eigenvalue weighted by Gasteiger charge is 2.16. The number of halogens is 1. The van der Waals surface area contributed by atoms with Crippen molar-refractivity contribution in [2.24, 2.45) is 12.0 Å². The van der Waals surface area contributed by atoms with E-state index in [0.29, 0.717) is 13.1 Å². The fourth-order valence-corrected chi connectivity index (χ4v) is 3.28. The van der Waals surface area contributed by atoms with Gasteiger partial charge in [0.2, 0.25) is 0 Å². The molecule has 1 saturated heterocycles. The van der Waals surface area contributed by atoms with Crippen molar-refractivity contribution in [2.75, 3.05) is 13.2 Å². The molecule has 1 aromatic carbocycles. The zero-order valence-electron chi connectivity index (χ0n) is 19.1. The Labute approximate surface area is 202 Å². The summed E-state index contributed by atoms with van der Waals surface area (Å²) >= 11 is 0. The van der Waals surface area contributed by atoms with Gasteiger partial charge in [-0.05, 0) is 52.2 Å². The number of aliphatic imine (C=N–C) groups is 1. The minimum Gasteiger partial charge on any atom is -0.491 e. The highest BCUT2D eigenvalue weighted by molar-refractivity contribution is 14.0. The quantitative estimate of drug-likeness (QED) is 0.303. The molecular weight excluding hydrogens is 507 g/mol. The molecule has 1 aliphatic heterocycles. The summed E-state index contributed by atoms with van der Waals surface area (Å²) in [5.41, 5.74) is 2.23. The topological polar surface area (TPSA) is 85.6 Å². The van der Waals surface area contributed by atoms with Crippen LogP contribution in [0.1, 0.15) is 49.5 Å². The van der Waals surface area contributed by atoms with Gasteiger partial charge in [0.1, 0.15) is 11.6 Å². The van der Waals surface area contributed by atoms with E-state index in [1.165, 1.54) is 5.56 Å². The van der Waals surface area contributed by atoms with Crippen molar-refractivity contribution in [3.05, 3.63) is 41.0 Å². The number of ether oxygens (including phenoxy) is 2. The van der Waals surface area contributed by atoms with Gasteiger partial charge in [-0.25, -0.2) is 4.99 Å². The number of aryl methyl sites for hydroxylation is 2. The predicted octanol–water partition coefficient (Wildman–Crippen LogP) is 3.25. The average Bonchev–Trinajstić information content (AvgIpc) is 3.33. The molecule has 1 fully saturated rings. The van der Waals surface area contributed by atoms with E-state index < -0.39 is 0 Å². The zero-order valence-corrected chi connectivity index (χ0v) is 21.5. The first kappa shape index (κ1) is 25.4. The highest BCUT2D eigenvalue weighted by Crippen LogP contribution is 2.22. The van der Waals surface area contributed by atoms with Crippen molar-refractivity contribution in [3.8, 4) is 5.75 Å². The average molecular weight is 542 g/mol. The van der Waals surface area contributed by atoms with Gasteiger partial charge in [0.25, 0.3) is 0 Å². The van der Waals surface area contributed by atoms with Gasteiger partial charge in [0.05, 0.1) is 25.3 Å². The molecule has 2 aromatic rings. The fraction of sp³-hybridized carbons (Fsp3) is 0.591. The Kier molecular flexibility index (Phi) is 10.0. The van der Waals surface area contributed by atoms with Gasteiger partial charge in [-0.1, -0.05) is 12.1 Å². The van der Waals surface area contributed by atoms with Crippen LogP contribution < -0.4 is 15.4 Å². The lowest BCUT2D eigenvalue weighted by Crippen LogP contribution is -2.41. The first-order valence-corrected chi connectivity index (χ1v) is 10.7. The molecule has 0 amide bonds. The molecule has 2 N–H and O–H groups in total. The first-order chi connectivity index (χ1) is 14.4. The van der Waals surface area contributed by atoms with E-state index in [1.54, 1.807) is 0 Å². The van der Waals surface area contributed by atoms with Crippen LogP contribution in [-0.2, 0) is 24.9 Å². The molecule has 1 unspecified atom stereocenters. The minimum absolute atomic E-state index is 0. The standard InChI is InChI=1S/C22H34N6O2.HI/c1-15(2)30-20-11-16(3)8-9-18(20)12-23-22(24-13-19-7-6-10-29-19)25-14-21-27-26-17(4)28(21)5;/h8-9,11,15,19H,6-7,10,12-14H2,1-5H3,(H2,23,24,25);1H. The predicted molar refractivity (Wildman–Crippen MR) is 133 cm³/mol. The number of guanidine groups is 1. The normalized spacial score (nSPS) is 16.3. The van der Waals surface area contributed by atoms with Crippen LogP contribution in [0, 0.1) is 13.8 Å². The Balaban J connectivity index is 0.00000341. The Morgan fingerprint density at radius 3 is 2.74 bits per heavy atom. The van der Waals surface area contributed by atoms with Gasteiger partial charge >= 0.3 is 0 Å². The van der Waals surface area contributed by atoms with Gasteiger partial charge in [-0.2, -0.15) is 0 Å². The van der Waals surface area contributed by atoms with Crippen LogP contribution in [0.2, 0.25) is 0 Å². The molecule has 1 atom stereocenters. The Morgan fingerprint density at radius 1 is 1.29 bits per heavy atom. The van der Waals surface area contributed by atoms with Crippen LogP contribution in [0.25, 0.3) is 0 Å². The third-order valence-electron chi connectivity index (χ3n) is 5.11. The Hall–Kier alpha value is -1.88. The van der Waals surface area contributed by atoms with Gasteiger partial charge in [-0.15, -0.1) is 34.2 Å². The van der Waals surface area contributed by atoms with Gasteiger partial charge in [0.15, 0.2) is 11.8 Å². The summed E-state index contributed by atoms with van der Waals surface area (Å²) in [7, 11) is 1.96. The Bertz CT molecular complexity index is 862. The second-order valence-corrected chi connectivity index (χ2v) is 8.03. The molecule has 0 saturated carbocycles. The molecule has 1 aromatic heterocycles. The SMILES string of the molecule is Cc1ccc(CN=C(NCc2nnc(C)n2C)NCC2CCCO2)c(OC(C)C)c1.I. The maximum absolute atomic E-state index is 6.00. The van der Waals surface area contributed by atoms with Crippen LogP contribution in [0.5, 0.6) is 5.75 Å². The molecular formula is C22H35IN6O2. The minimum atomic E-state index is 0. The number of nitrogens with zero attached hydrogens (tertiary/aromatic N) is 4. The molecule has 1 aliphatic rings. The smallest absolute Gasteiger partial charge is 0.192 e. The van der Waals surface area contributed by atoms with E-state index >= 15 is 0 Å². The van der Waals surface area contributed by atoms with Crippen LogP contribution >= 0.6 is 24.0 Å². The van der Waals surface area contributed by atoms with E-state index in [9.17, 15) is 0 Å². The van der Waals surface area contributed by atoms with Crippen molar-refractivity contribution in [1.82, 2.24) is 25.4 Å². The van der Waals surface area contributed by atoms with Gasteiger partial charge in [-0.3, -0.25) is 0 Å². The first-order valence-electron chi connectivity index (χ1n) is 10.7. The molecule has 0 aliphatic carbocycles. The summed E-state index contributed by atoms with van der Waals surface area (Å²) in [6.45, 7) is 10.7. The monoisotopic (exact) mass is 542 g/mol. The summed E-state index contributed by atoms with van der Waals surface area (Å²) in [5, 5.41) is 15.1. The van der Waals surface area contributed by atoms with Crippen LogP contribution in [0.4, 0.5) is 0 Å². The highest BCUT2D eigenvalue weighted by atomic mass is 127. The summed E-state index contributed by atoms with van der Waals surface area (Å²) < 4.78 is 13.7. The maximum Gasteiger partial charge on any atom is 0.192 e. The molecule has 2 heterocycles. The molecule has 0 radical (unpaired) electrons. The lowest BCUT2D eigenvalue weighted by Gasteiger charge is -2.17. The van der Waals surface area contributed by atoms with Crippen LogP contribution in [0.3, 0.4) is 0 Å². The summed E-state index contributed by atoms with van der Waals surface area (Å²) in [4.78, 5) is 4.81. The molecule has 9 heteroatoms. The molecule has 31 heavy (non-hydrogen) atoms. The molecule has 3 rings (SSSR count). The number of benzene rings is 1. The molecule has 0 bridgehead atoms. The van der Waals surface area contributed by atoms with E-state index in [-0.39, 0.29) is 36.2 Å². The van der Waals surface area contributed by atoms with Crippen molar-refractivity contribution in [3.63, 3.8) is 0 Å². The van der Waals surface area contributed by atoms with Crippen molar-refractivity contribution < 1.29 is 9.47 Å². The maximum atomic E-state index is 6.00. The van der Waals surface area contributed by atoms with E-state index in [2.05, 4.69) is 46.0 Å². The van der Waals surface area contributed by atoms with E-state index in [0.717, 1.165) is 54.9 Å².